The van der Waals surface area contributed by atoms with E-state index in [9.17, 15) is 5.11 Å². The van der Waals surface area contributed by atoms with E-state index in [4.69, 9.17) is 0 Å². The van der Waals surface area contributed by atoms with Crippen LogP contribution in [0.25, 0.3) is 0 Å². The highest BCUT2D eigenvalue weighted by atomic mass is 16.3. The van der Waals surface area contributed by atoms with Gasteiger partial charge in [0.2, 0.25) is 0 Å². The smallest absolute Gasteiger partial charge is 0.132 e. The van der Waals surface area contributed by atoms with E-state index in [1.54, 1.807) is 6.20 Å². The van der Waals surface area contributed by atoms with Crippen LogP contribution in [0.15, 0.2) is 79.0 Å². The number of para-hydroxylation sites is 1. The molecule has 0 saturated carbocycles. The number of anilines is 2. The van der Waals surface area contributed by atoms with Crippen LogP contribution in [-0.4, -0.2) is 17.1 Å². The van der Waals surface area contributed by atoms with Gasteiger partial charge in [0, 0.05) is 24.5 Å². The van der Waals surface area contributed by atoms with Gasteiger partial charge >= 0.3 is 0 Å². The van der Waals surface area contributed by atoms with Gasteiger partial charge < -0.3 is 10.0 Å². The molecule has 0 fully saturated rings. The lowest BCUT2D eigenvalue weighted by atomic mass is 10.0. The van der Waals surface area contributed by atoms with Crippen molar-refractivity contribution >= 4 is 11.5 Å². The summed E-state index contributed by atoms with van der Waals surface area (Å²) in [6, 6.07) is 23.5. The van der Waals surface area contributed by atoms with Gasteiger partial charge in [-0.15, -0.1) is 0 Å². The Bertz CT molecular complexity index is 647. The number of nitrogens with zero attached hydrogens (tertiary/aromatic N) is 2. The molecule has 0 unspecified atom stereocenters. The molecule has 3 heteroatoms. The third-order valence-corrected chi connectivity index (χ3v) is 3.69. The molecule has 3 aromatic rings. The molecule has 0 saturated heterocycles. The van der Waals surface area contributed by atoms with Crippen LogP contribution in [0, 0.1) is 0 Å². The number of benzene rings is 2. The Morgan fingerprint density at radius 2 is 1.45 bits per heavy atom. The summed E-state index contributed by atoms with van der Waals surface area (Å²) in [7, 11) is 1.98. The van der Waals surface area contributed by atoms with E-state index < -0.39 is 6.10 Å². The van der Waals surface area contributed by atoms with E-state index in [2.05, 4.69) is 4.98 Å². The molecule has 3 rings (SSSR count). The lowest BCUT2D eigenvalue weighted by Crippen LogP contribution is -2.11. The molecule has 0 spiro atoms. The molecular formula is C19H18N2O. The number of hydrogen-bond donors (Lipinski definition) is 1. The zero-order valence-corrected chi connectivity index (χ0v) is 12.4. The van der Waals surface area contributed by atoms with Crippen LogP contribution in [0.5, 0.6) is 0 Å². The fourth-order valence-corrected chi connectivity index (χ4v) is 2.37. The molecule has 110 valence electrons. The third-order valence-electron chi connectivity index (χ3n) is 3.69. The second-order valence-corrected chi connectivity index (χ2v) is 5.16. The van der Waals surface area contributed by atoms with Crippen molar-refractivity contribution in [1.82, 2.24) is 4.98 Å². The van der Waals surface area contributed by atoms with Crippen molar-refractivity contribution in [2.75, 3.05) is 11.9 Å². The van der Waals surface area contributed by atoms with Crippen molar-refractivity contribution < 1.29 is 5.11 Å². The monoisotopic (exact) mass is 290 g/mol. The van der Waals surface area contributed by atoms with Crippen LogP contribution < -0.4 is 4.90 Å². The Morgan fingerprint density at radius 1 is 0.818 bits per heavy atom. The second-order valence-electron chi connectivity index (χ2n) is 5.16. The van der Waals surface area contributed by atoms with Crippen molar-refractivity contribution in [2.45, 2.75) is 6.10 Å². The number of aliphatic hydroxyl groups is 1. The van der Waals surface area contributed by atoms with Crippen molar-refractivity contribution in [3.05, 3.63) is 90.1 Å². The maximum atomic E-state index is 10.4. The minimum Gasteiger partial charge on any atom is -0.384 e. The van der Waals surface area contributed by atoms with Crippen LogP contribution >= 0.6 is 0 Å². The quantitative estimate of drug-likeness (QED) is 0.791. The molecule has 0 bridgehead atoms. The normalized spacial score (nSPS) is 11.9. The summed E-state index contributed by atoms with van der Waals surface area (Å²) in [5.74, 6) is 0.843. The Morgan fingerprint density at radius 3 is 2.05 bits per heavy atom. The number of rotatable bonds is 4. The van der Waals surface area contributed by atoms with Gasteiger partial charge in [-0.2, -0.15) is 0 Å². The van der Waals surface area contributed by atoms with Gasteiger partial charge in [-0.25, -0.2) is 4.98 Å². The van der Waals surface area contributed by atoms with Crippen LogP contribution in [0.4, 0.5) is 11.5 Å². The zero-order valence-electron chi connectivity index (χ0n) is 12.4. The van der Waals surface area contributed by atoms with E-state index in [0.717, 1.165) is 22.6 Å². The molecule has 1 atom stereocenters. The minimum absolute atomic E-state index is 0.648. The summed E-state index contributed by atoms with van der Waals surface area (Å²) >= 11 is 0. The molecular weight excluding hydrogens is 272 g/mol. The maximum Gasteiger partial charge on any atom is 0.132 e. The highest BCUT2D eigenvalue weighted by Gasteiger charge is 2.11. The Labute approximate surface area is 130 Å². The van der Waals surface area contributed by atoms with Gasteiger partial charge in [0.1, 0.15) is 11.9 Å². The van der Waals surface area contributed by atoms with Crippen molar-refractivity contribution in [3.8, 4) is 0 Å². The SMILES string of the molecule is CN(c1ccccc1)c1ccc([C@H](O)c2ccccc2)cn1. The molecule has 1 heterocycles. The van der Waals surface area contributed by atoms with Gasteiger partial charge in [0.05, 0.1) is 0 Å². The predicted octanol–water partition coefficient (Wildman–Crippen LogP) is 3.93. The Hall–Kier alpha value is -2.65. The number of aromatic nitrogens is 1. The van der Waals surface area contributed by atoms with E-state index in [0.29, 0.717) is 0 Å². The zero-order chi connectivity index (χ0) is 15.4. The molecule has 1 aromatic heterocycles. The molecule has 0 aliphatic heterocycles. The first-order valence-electron chi connectivity index (χ1n) is 7.23. The number of hydrogen-bond acceptors (Lipinski definition) is 3. The number of pyridine rings is 1. The van der Waals surface area contributed by atoms with Crippen LogP contribution in [0.1, 0.15) is 17.2 Å². The van der Waals surface area contributed by atoms with Crippen LogP contribution in [-0.2, 0) is 0 Å². The Balaban J connectivity index is 1.81. The average Bonchev–Trinajstić information content (AvgIpc) is 2.62. The highest BCUT2D eigenvalue weighted by molar-refractivity contribution is 5.58. The summed E-state index contributed by atoms with van der Waals surface area (Å²) in [6.07, 6.45) is 1.08. The molecule has 3 nitrogen and oxygen atoms in total. The molecule has 0 radical (unpaired) electrons. The summed E-state index contributed by atoms with van der Waals surface area (Å²) < 4.78 is 0. The topological polar surface area (TPSA) is 36.4 Å². The van der Waals surface area contributed by atoms with Crippen molar-refractivity contribution in [1.29, 1.82) is 0 Å². The van der Waals surface area contributed by atoms with Crippen LogP contribution in [0.2, 0.25) is 0 Å². The Kier molecular flexibility index (Phi) is 4.17. The third kappa shape index (κ3) is 3.00. The first-order chi connectivity index (χ1) is 10.8. The summed E-state index contributed by atoms with van der Waals surface area (Å²) in [5, 5.41) is 10.4. The fraction of sp³-hybridized carbons (Fsp3) is 0.105. The summed E-state index contributed by atoms with van der Waals surface area (Å²) in [5.41, 5.74) is 2.73. The molecule has 1 N–H and O–H groups in total. The highest BCUT2D eigenvalue weighted by Crippen LogP contribution is 2.25. The average molecular weight is 290 g/mol. The van der Waals surface area contributed by atoms with Gasteiger partial charge in [-0.05, 0) is 23.8 Å². The molecule has 0 aliphatic carbocycles. The van der Waals surface area contributed by atoms with Gasteiger partial charge in [0.15, 0.2) is 0 Å². The van der Waals surface area contributed by atoms with E-state index in [1.165, 1.54) is 0 Å². The summed E-state index contributed by atoms with van der Waals surface area (Å²) in [4.78, 5) is 6.48. The van der Waals surface area contributed by atoms with Crippen molar-refractivity contribution in [3.63, 3.8) is 0 Å². The molecule has 0 amide bonds. The molecule has 2 aromatic carbocycles. The van der Waals surface area contributed by atoms with Gasteiger partial charge in [-0.3, -0.25) is 0 Å². The molecule has 22 heavy (non-hydrogen) atoms. The lowest BCUT2D eigenvalue weighted by molar-refractivity contribution is 0.220. The lowest BCUT2D eigenvalue weighted by Gasteiger charge is -2.19. The molecule has 0 aliphatic rings. The second kappa shape index (κ2) is 6.41. The van der Waals surface area contributed by atoms with E-state index in [1.807, 2.05) is 84.7 Å². The van der Waals surface area contributed by atoms with Crippen molar-refractivity contribution in [2.24, 2.45) is 0 Å². The maximum absolute atomic E-state index is 10.4. The van der Waals surface area contributed by atoms with E-state index in [-0.39, 0.29) is 0 Å². The minimum atomic E-state index is -0.648. The predicted molar refractivity (Wildman–Crippen MR) is 89.2 cm³/mol. The van der Waals surface area contributed by atoms with Crippen LogP contribution in [0.3, 0.4) is 0 Å². The first-order valence-corrected chi connectivity index (χ1v) is 7.23. The van der Waals surface area contributed by atoms with Gasteiger partial charge in [0.25, 0.3) is 0 Å². The largest absolute Gasteiger partial charge is 0.384 e. The van der Waals surface area contributed by atoms with E-state index >= 15 is 0 Å². The summed E-state index contributed by atoms with van der Waals surface area (Å²) in [6.45, 7) is 0. The van der Waals surface area contributed by atoms with Gasteiger partial charge in [-0.1, -0.05) is 54.6 Å². The standard InChI is InChI=1S/C19H18N2O/c1-21(17-10-6-3-7-11-17)18-13-12-16(14-20-18)19(22)15-8-4-2-5-9-15/h2-14,19,22H,1H3/t19-/m1/s1. The first kappa shape index (κ1) is 14.3. The number of aliphatic hydroxyl groups excluding tert-OH is 1. The fourth-order valence-electron chi connectivity index (χ4n) is 2.37.